The maximum atomic E-state index is 12.5. The molecule has 1 saturated heterocycles. The first-order chi connectivity index (χ1) is 15.2. The number of nitrogens with zero attached hydrogens (tertiary/aromatic N) is 5. The van der Waals surface area contributed by atoms with E-state index < -0.39 is 0 Å². The van der Waals surface area contributed by atoms with Gasteiger partial charge >= 0.3 is 5.69 Å². The number of hydrogen-bond donors (Lipinski definition) is 1. The number of likely N-dealkylation sites (tertiary alicyclic amines) is 1. The van der Waals surface area contributed by atoms with E-state index in [9.17, 15) is 4.79 Å². The number of halogens is 1. The van der Waals surface area contributed by atoms with Crippen LogP contribution >= 0.6 is 24.0 Å². The maximum absolute atomic E-state index is 12.5. The molecule has 1 N–H and O–H groups in total. The second-order valence-corrected chi connectivity index (χ2v) is 8.32. The number of fused-ring (bicyclic) bond motifs is 1. The van der Waals surface area contributed by atoms with Gasteiger partial charge in [-0.1, -0.05) is 12.1 Å². The van der Waals surface area contributed by atoms with E-state index in [-0.39, 0.29) is 29.7 Å². The van der Waals surface area contributed by atoms with Crippen LogP contribution in [0.4, 0.5) is 0 Å². The molecule has 0 bridgehead atoms. The second kappa shape index (κ2) is 11.7. The number of hydrogen-bond acceptors (Lipinski definition) is 4. The average molecular weight is 554 g/mol. The van der Waals surface area contributed by atoms with Crippen molar-refractivity contribution >= 4 is 29.9 Å². The molecule has 1 fully saturated rings. The van der Waals surface area contributed by atoms with Gasteiger partial charge in [0.05, 0.1) is 7.11 Å². The van der Waals surface area contributed by atoms with Crippen LogP contribution in [0.25, 0.3) is 0 Å². The molecule has 1 aromatic heterocycles. The Bertz CT molecular complexity index is 952. The van der Waals surface area contributed by atoms with Crippen LogP contribution < -0.4 is 15.7 Å². The normalized spacial score (nSPS) is 18.2. The van der Waals surface area contributed by atoms with E-state index in [4.69, 9.17) is 9.73 Å². The number of aromatic nitrogens is 3. The molecule has 2 aromatic rings. The fourth-order valence-corrected chi connectivity index (χ4v) is 4.53. The largest absolute Gasteiger partial charge is 0.497 e. The number of ether oxygens (including phenoxy) is 1. The van der Waals surface area contributed by atoms with Crippen molar-refractivity contribution in [2.24, 2.45) is 4.99 Å². The standard InChI is InChI=1S/C23H34N6O2.HI/c1-3-24-22(27-16-12-19(17-27)18-8-10-20(31-2)11-9-18)25-13-6-15-29-23(30)28-14-5-4-7-21(28)26-29;/h8-11,19H,3-7,12-17H2,1-2H3,(H,24,25);1H. The van der Waals surface area contributed by atoms with Gasteiger partial charge in [0.1, 0.15) is 11.6 Å². The average Bonchev–Trinajstić information content (AvgIpc) is 3.41. The summed E-state index contributed by atoms with van der Waals surface area (Å²) in [7, 11) is 1.70. The Morgan fingerprint density at radius 1 is 1.25 bits per heavy atom. The molecule has 0 spiro atoms. The molecule has 176 valence electrons. The van der Waals surface area contributed by atoms with Crippen molar-refractivity contribution in [3.8, 4) is 5.75 Å². The quantitative estimate of drug-likeness (QED) is 0.247. The van der Waals surface area contributed by atoms with E-state index >= 15 is 0 Å². The highest BCUT2D eigenvalue weighted by Gasteiger charge is 2.26. The summed E-state index contributed by atoms with van der Waals surface area (Å²) in [6.45, 7) is 7.01. The van der Waals surface area contributed by atoms with E-state index in [2.05, 4.69) is 34.4 Å². The van der Waals surface area contributed by atoms with Crippen LogP contribution in [0.5, 0.6) is 5.75 Å². The highest BCUT2D eigenvalue weighted by Crippen LogP contribution is 2.28. The van der Waals surface area contributed by atoms with Crippen LogP contribution in [0, 0.1) is 0 Å². The van der Waals surface area contributed by atoms with Crippen molar-refractivity contribution < 1.29 is 4.74 Å². The molecule has 4 rings (SSSR count). The minimum Gasteiger partial charge on any atom is -0.497 e. The molecule has 3 heterocycles. The zero-order valence-corrected chi connectivity index (χ0v) is 21.5. The Kier molecular flexibility index (Phi) is 9.01. The van der Waals surface area contributed by atoms with Gasteiger partial charge in [0, 0.05) is 51.6 Å². The van der Waals surface area contributed by atoms with Crippen molar-refractivity contribution in [3.63, 3.8) is 0 Å². The smallest absolute Gasteiger partial charge is 0.345 e. The zero-order chi connectivity index (χ0) is 21.6. The van der Waals surface area contributed by atoms with Crippen LogP contribution in [-0.2, 0) is 19.5 Å². The van der Waals surface area contributed by atoms with Crippen LogP contribution in [0.2, 0.25) is 0 Å². The first-order valence-corrected chi connectivity index (χ1v) is 11.5. The number of benzene rings is 1. The lowest BCUT2D eigenvalue weighted by molar-refractivity contribution is 0.414. The topological polar surface area (TPSA) is 76.7 Å². The molecule has 1 aromatic carbocycles. The minimum absolute atomic E-state index is 0. The van der Waals surface area contributed by atoms with E-state index in [1.165, 1.54) is 5.56 Å². The highest BCUT2D eigenvalue weighted by atomic mass is 127. The number of methoxy groups -OCH3 is 1. The summed E-state index contributed by atoms with van der Waals surface area (Å²) in [6, 6.07) is 8.40. The molecule has 8 nitrogen and oxygen atoms in total. The third-order valence-electron chi connectivity index (χ3n) is 6.23. The molecule has 0 aliphatic carbocycles. The summed E-state index contributed by atoms with van der Waals surface area (Å²) >= 11 is 0. The van der Waals surface area contributed by atoms with Gasteiger partial charge in [0.25, 0.3) is 0 Å². The van der Waals surface area contributed by atoms with Crippen LogP contribution in [0.15, 0.2) is 34.1 Å². The summed E-state index contributed by atoms with van der Waals surface area (Å²) in [6.07, 6.45) is 5.03. The van der Waals surface area contributed by atoms with Crippen molar-refractivity contribution in [2.45, 2.75) is 58.0 Å². The van der Waals surface area contributed by atoms with E-state index in [1.54, 1.807) is 11.8 Å². The predicted octanol–water partition coefficient (Wildman–Crippen LogP) is 2.85. The SMILES string of the molecule is CCNC(=NCCCn1nc2n(c1=O)CCCC2)N1CCC(c2ccc(OC)cc2)C1.I. The molecule has 0 radical (unpaired) electrons. The van der Waals surface area contributed by atoms with Gasteiger partial charge in [-0.25, -0.2) is 9.48 Å². The van der Waals surface area contributed by atoms with Crippen molar-refractivity contribution in [1.29, 1.82) is 0 Å². The molecule has 1 unspecified atom stereocenters. The van der Waals surface area contributed by atoms with Crippen LogP contribution in [0.1, 0.15) is 49.9 Å². The minimum atomic E-state index is 0. The van der Waals surface area contributed by atoms with Crippen LogP contribution in [0.3, 0.4) is 0 Å². The Hall–Kier alpha value is -2.04. The third-order valence-corrected chi connectivity index (χ3v) is 6.23. The number of aryl methyl sites for hydroxylation is 2. The predicted molar refractivity (Wildman–Crippen MR) is 137 cm³/mol. The maximum Gasteiger partial charge on any atom is 0.345 e. The van der Waals surface area contributed by atoms with Crippen molar-refractivity contribution in [3.05, 3.63) is 46.1 Å². The van der Waals surface area contributed by atoms with E-state index in [1.807, 2.05) is 16.7 Å². The molecule has 0 saturated carbocycles. The third kappa shape index (κ3) is 5.65. The molecule has 1 atom stereocenters. The molecule has 32 heavy (non-hydrogen) atoms. The number of guanidine groups is 1. The van der Waals surface area contributed by atoms with Gasteiger partial charge in [-0.05, 0) is 50.3 Å². The molecule has 0 amide bonds. The molecular formula is C23H35IN6O2. The fraction of sp³-hybridized carbons (Fsp3) is 0.609. The van der Waals surface area contributed by atoms with Gasteiger partial charge in [0.15, 0.2) is 5.96 Å². The number of rotatable bonds is 7. The van der Waals surface area contributed by atoms with E-state index in [0.29, 0.717) is 19.0 Å². The molecule has 2 aliphatic heterocycles. The summed E-state index contributed by atoms with van der Waals surface area (Å²) in [5.74, 6) is 3.31. The van der Waals surface area contributed by atoms with Crippen molar-refractivity contribution in [1.82, 2.24) is 24.6 Å². The van der Waals surface area contributed by atoms with Gasteiger partial charge in [-0.2, -0.15) is 5.10 Å². The highest BCUT2D eigenvalue weighted by molar-refractivity contribution is 14.0. The number of aliphatic imine (C=N–C) groups is 1. The monoisotopic (exact) mass is 554 g/mol. The Morgan fingerprint density at radius 2 is 2.06 bits per heavy atom. The number of nitrogens with one attached hydrogen (secondary N) is 1. The van der Waals surface area contributed by atoms with Crippen molar-refractivity contribution in [2.75, 3.05) is 33.3 Å². The summed E-state index contributed by atoms with van der Waals surface area (Å²) in [5, 5.41) is 7.95. The Balaban J connectivity index is 0.00000289. The Morgan fingerprint density at radius 3 is 2.78 bits per heavy atom. The first-order valence-electron chi connectivity index (χ1n) is 11.5. The lowest BCUT2D eigenvalue weighted by Crippen LogP contribution is -2.40. The van der Waals surface area contributed by atoms with Gasteiger partial charge < -0.3 is 15.0 Å². The molecule has 9 heteroatoms. The molecular weight excluding hydrogens is 519 g/mol. The van der Waals surface area contributed by atoms with Gasteiger partial charge in [-0.15, -0.1) is 24.0 Å². The molecule has 2 aliphatic rings. The van der Waals surface area contributed by atoms with E-state index in [0.717, 1.165) is 75.8 Å². The van der Waals surface area contributed by atoms with Crippen LogP contribution in [-0.4, -0.2) is 58.5 Å². The first kappa shape index (κ1) is 24.6. The Labute approximate surface area is 207 Å². The lowest BCUT2D eigenvalue weighted by atomic mass is 9.98. The second-order valence-electron chi connectivity index (χ2n) is 8.32. The zero-order valence-electron chi connectivity index (χ0n) is 19.1. The summed E-state index contributed by atoms with van der Waals surface area (Å²) in [5.41, 5.74) is 1.38. The lowest BCUT2D eigenvalue weighted by Gasteiger charge is -2.22. The fourth-order valence-electron chi connectivity index (χ4n) is 4.53. The summed E-state index contributed by atoms with van der Waals surface area (Å²) in [4.78, 5) is 19.6. The van der Waals surface area contributed by atoms with Gasteiger partial charge in [0.2, 0.25) is 0 Å². The summed E-state index contributed by atoms with van der Waals surface area (Å²) < 4.78 is 8.73. The van der Waals surface area contributed by atoms with Gasteiger partial charge in [-0.3, -0.25) is 9.56 Å².